The van der Waals surface area contributed by atoms with E-state index in [0.29, 0.717) is 19.2 Å². The molecular weight excluding hydrogens is 220 g/mol. The van der Waals surface area contributed by atoms with Crippen LogP contribution < -0.4 is 5.32 Å². The van der Waals surface area contributed by atoms with E-state index in [-0.39, 0.29) is 10.6 Å². The average Bonchev–Trinajstić information content (AvgIpc) is 2.34. The van der Waals surface area contributed by atoms with Gasteiger partial charge in [0.1, 0.15) is 0 Å². The van der Waals surface area contributed by atoms with E-state index in [4.69, 9.17) is 4.74 Å². The standard InChI is InChI=1S/C12H18N2O3/c1-10(6-7-17-2)13-9-11-4-3-5-12(8-11)14(15)16/h3-5,8,10,13H,6-7,9H2,1-2H3. The topological polar surface area (TPSA) is 64.4 Å². The highest BCUT2D eigenvalue weighted by Crippen LogP contribution is 2.12. The molecule has 0 saturated heterocycles. The van der Waals surface area contributed by atoms with Crippen molar-refractivity contribution in [3.05, 3.63) is 39.9 Å². The highest BCUT2D eigenvalue weighted by atomic mass is 16.6. The summed E-state index contributed by atoms with van der Waals surface area (Å²) in [7, 11) is 1.67. The van der Waals surface area contributed by atoms with E-state index in [9.17, 15) is 10.1 Å². The molecule has 5 heteroatoms. The number of ether oxygens (including phenoxy) is 1. The van der Waals surface area contributed by atoms with Crippen molar-refractivity contribution in [2.75, 3.05) is 13.7 Å². The lowest BCUT2D eigenvalue weighted by atomic mass is 10.2. The van der Waals surface area contributed by atoms with Gasteiger partial charge >= 0.3 is 0 Å². The van der Waals surface area contributed by atoms with E-state index in [1.165, 1.54) is 6.07 Å². The fourth-order valence-electron chi connectivity index (χ4n) is 1.47. The molecule has 0 amide bonds. The third kappa shape index (κ3) is 4.93. The van der Waals surface area contributed by atoms with Crippen LogP contribution in [0.1, 0.15) is 18.9 Å². The number of non-ortho nitro benzene ring substituents is 1. The molecule has 1 atom stereocenters. The monoisotopic (exact) mass is 238 g/mol. The van der Waals surface area contributed by atoms with Crippen LogP contribution in [0.25, 0.3) is 0 Å². The van der Waals surface area contributed by atoms with Crippen LogP contribution in [-0.4, -0.2) is 24.7 Å². The smallest absolute Gasteiger partial charge is 0.269 e. The van der Waals surface area contributed by atoms with Crippen molar-refractivity contribution in [3.8, 4) is 0 Å². The van der Waals surface area contributed by atoms with Crippen LogP contribution in [0.3, 0.4) is 0 Å². The molecule has 0 radical (unpaired) electrons. The Kier molecular flexibility index (Phi) is 5.59. The Morgan fingerprint density at radius 2 is 2.29 bits per heavy atom. The summed E-state index contributed by atoms with van der Waals surface area (Å²) in [5.74, 6) is 0. The first-order valence-corrected chi connectivity index (χ1v) is 5.59. The van der Waals surface area contributed by atoms with Gasteiger partial charge in [0.05, 0.1) is 4.92 Å². The largest absolute Gasteiger partial charge is 0.385 e. The van der Waals surface area contributed by atoms with Crippen LogP contribution >= 0.6 is 0 Å². The SMILES string of the molecule is COCCC(C)NCc1cccc([N+](=O)[O-])c1. The van der Waals surface area contributed by atoms with Gasteiger partial charge in [-0.05, 0) is 18.9 Å². The molecule has 1 rings (SSSR count). The van der Waals surface area contributed by atoms with Crippen molar-refractivity contribution in [2.24, 2.45) is 0 Å². The minimum atomic E-state index is -0.377. The fraction of sp³-hybridized carbons (Fsp3) is 0.500. The first kappa shape index (κ1) is 13.6. The van der Waals surface area contributed by atoms with E-state index < -0.39 is 0 Å². The molecule has 1 unspecified atom stereocenters. The molecule has 1 N–H and O–H groups in total. The quantitative estimate of drug-likeness (QED) is 0.583. The number of hydrogen-bond donors (Lipinski definition) is 1. The summed E-state index contributed by atoms with van der Waals surface area (Å²) in [6.45, 7) is 3.41. The van der Waals surface area contributed by atoms with Gasteiger partial charge in [-0.3, -0.25) is 10.1 Å². The summed E-state index contributed by atoms with van der Waals surface area (Å²) in [6, 6.07) is 7.00. The highest BCUT2D eigenvalue weighted by molar-refractivity contribution is 5.34. The fourth-order valence-corrected chi connectivity index (χ4v) is 1.47. The normalized spacial score (nSPS) is 12.4. The molecule has 5 nitrogen and oxygen atoms in total. The van der Waals surface area contributed by atoms with Gasteiger partial charge in [0, 0.05) is 38.4 Å². The molecule has 1 aromatic rings. The molecule has 0 aromatic heterocycles. The Bertz CT molecular complexity index is 369. The van der Waals surface area contributed by atoms with Crippen LogP contribution in [-0.2, 0) is 11.3 Å². The van der Waals surface area contributed by atoms with Crippen molar-refractivity contribution in [1.82, 2.24) is 5.32 Å². The minimum Gasteiger partial charge on any atom is -0.385 e. The molecule has 1 aromatic carbocycles. The van der Waals surface area contributed by atoms with Crippen molar-refractivity contribution >= 4 is 5.69 Å². The highest BCUT2D eigenvalue weighted by Gasteiger charge is 2.06. The van der Waals surface area contributed by atoms with Gasteiger partial charge in [-0.1, -0.05) is 12.1 Å². The molecule has 17 heavy (non-hydrogen) atoms. The van der Waals surface area contributed by atoms with Crippen LogP contribution in [0, 0.1) is 10.1 Å². The van der Waals surface area contributed by atoms with E-state index in [0.717, 1.165) is 12.0 Å². The lowest BCUT2D eigenvalue weighted by Crippen LogP contribution is -2.26. The predicted octanol–water partition coefficient (Wildman–Crippen LogP) is 2.11. The summed E-state index contributed by atoms with van der Waals surface area (Å²) in [5, 5.41) is 13.9. The molecule has 0 bridgehead atoms. The summed E-state index contributed by atoms with van der Waals surface area (Å²) >= 11 is 0. The van der Waals surface area contributed by atoms with Gasteiger partial charge in [0.15, 0.2) is 0 Å². The molecule has 0 aliphatic heterocycles. The second kappa shape index (κ2) is 6.98. The molecular formula is C12H18N2O3. The van der Waals surface area contributed by atoms with E-state index in [2.05, 4.69) is 12.2 Å². The number of nitro benzene ring substituents is 1. The maximum absolute atomic E-state index is 10.6. The Morgan fingerprint density at radius 3 is 2.94 bits per heavy atom. The molecule has 0 aliphatic carbocycles. The Labute approximate surface area is 101 Å². The van der Waals surface area contributed by atoms with E-state index >= 15 is 0 Å². The van der Waals surface area contributed by atoms with Crippen LogP contribution in [0.2, 0.25) is 0 Å². The number of rotatable bonds is 7. The second-order valence-corrected chi connectivity index (χ2v) is 3.99. The summed E-state index contributed by atoms with van der Waals surface area (Å²) in [4.78, 5) is 10.2. The van der Waals surface area contributed by atoms with Crippen molar-refractivity contribution in [2.45, 2.75) is 25.9 Å². The molecule has 0 fully saturated rings. The summed E-state index contributed by atoms with van der Waals surface area (Å²) in [6.07, 6.45) is 0.922. The second-order valence-electron chi connectivity index (χ2n) is 3.99. The van der Waals surface area contributed by atoms with Crippen LogP contribution in [0.15, 0.2) is 24.3 Å². The maximum atomic E-state index is 10.6. The average molecular weight is 238 g/mol. The number of hydrogen-bond acceptors (Lipinski definition) is 4. The predicted molar refractivity (Wildman–Crippen MR) is 65.9 cm³/mol. The first-order chi connectivity index (χ1) is 8.13. The number of nitro groups is 1. The number of benzene rings is 1. The maximum Gasteiger partial charge on any atom is 0.269 e. The van der Waals surface area contributed by atoms with Crippen LogP contribution in [0.4, 0.5) is 5.69 Å². The summed E-state index contributed by atoms with van der Waals surface area (Å²) in [5.41, 5.74) is 1.05. The van der Waals surface area contributed by atoms with Gasteiger partial charge in [-0.25, -0.2) is 0 Å². The van der Waals surface area contributed by atoms with Gasteiger partial charge in [-0.15, -0.1) is 0 Å². The molecule has 0 spiro atoms. The lowest BCUT2D eigenvalue weighted by molar-refractivity contribution is -0.384. The summed E-state index contributed by atoms with van der Waals surface area (Å²) < 4.78 is 4.99. The Balaban J connectivity index is 2.46. The first-order valence-electron chi connectivity index (χ1n) is 5.59. The van der Waals surface area contributed by atoms with Gasteiger partial charge in [0.2, 0.25) is 0 Å². The molecule has 0 saturated carbocycles. The van der Waals surface area contributed by atoms with E-state index in [1.807, 2.05) is 6.07 Å². The number of nitrogens with zero attached hydrogens (tertiary/aromatic N) is 1. The zero-order valence-electron chi connectivity index (χ0n) is 10.2. The molecule has 0 heterocycles. The Hall–Kier alpha value is -1.46. The van der Waals surface area contributed by atoms with Crippen molar-refractivity contribution < 1.29 is 9.66 Å². The van der Waals surface area contributed by atoms with Crippen molar-refractivity contribution in [3.63, 3.8) is 0 Å². The van der Waals surface area contributed by atoms with Gasteiger partial charge in [-0.2, -0.15) is 0 Å². The number of nitrogens with one attached hydrogen (secondary N) is 1. The molecule has 94 valence electrons. The van der Waals surface area contributed by atoms with E-state index in [1.54, 1.807) is 19.2 Å². The van der Waals surface area contributed by atoms with Gasteiger partial charge in [0.25, 0.3) is 5.69 Å². The minimum absolute atomic E-state index is 0.133. The lowest BCUT2D eigenvalue weighted by Gasteiger charge is -2.12. The third-order valence-corrected chi connectivity index (χ3v) is 2.53. The zero-order chi connectivity index (χ0) is 12.7. The third-order valence-electron chi connectivity index (χ3n) is 2.53. The van der Waals surface area contributed by atoms with Crippen LogP contribution in [0.5, 0.6) is 0 Å². The van der Waals surface area contributed by atoms with Crippen molar-refractivity contribution in [1.29, 1.82) is 0 Å². The zero-order valence-corrected chi connectivity index (χ0v) is 10.2. The number of methoxy groups -OCH3 is 1. The molecule has 0 aliphatic rings. The Morgan fingerprint density at radius 1 is 1.53 bits per heavy atom. The van der Waals surface area contributed by atoms with Gasteiger partial charge < -0.3 is 10.1 Å².